The predicted octanol–water partition coefficient (Wildman–Crippen LogP) is 0.0245. The first-order valence-corrected chi connectivity index (χ1v) is 5.33. The maximum absolute atomic E-state index is 11.2. The summed E-state index contributed by atoms with van der Waals surface area (Å²) in [4.78, 5) is 15.0. The number of hydrazine groups is 1. The van der Waals surface area contributed by atoms with Crippen molar-refractivity contribution >= 4 is 5.91 Å². The molecule has 0 saturated carbocycles. The molecule has 0 saturated heterocycles. The number of hydrogen-bond acceptors (Lipinski definition) is 5. The zero-order chi connectivity index (χ0) is 13.0. The second kappa shape index (κ2) is 5.28. The van der Waals surface area contributed by atoms with Crippen LogP contribution in [-0.2, 0) is 4.79 Å². The van der Waals surface area contributed by atoms with Gasteiger partial charge in [-0.25, -0.2) is 15.5 Å². The normalized spacial score (nSPS) is 11.9. The minimum Gasteiger partial charge on any atom is -0.481 e. The van der Waals surface area contributed by atoms with Crippen LogP contribution in [0.4, 0.5) is 0 Å². The molecule has 0 fully saturated rings. The van der Waals surface area contributed by atoms with Gasteiger partial charge in [0.2, 0.25) is 0 Å². The van der Waals surface area contributed by atoms with Gasteiger partial charge in [-0.2, -0.15) is 5.10 Å². The number of carbonyl (C=O) groups excluding carboxylic acids is 1. The molecule has 1 heterocycles. The minimum atomic E-state index is -0.646. The van der Waals surface area contributed by atoms with Crippen LogP contribution < -0.4 is 16.0 Å². The zero-order valence-corrected chi connectivity index (χ0v) is 9.78. The number of hydrogen-bond donors (Lipinski definition) is 2. The third kappa shape index (κ3) is 2.64. The Bertz CT molecular complexity index is 509. The van der Waals surface area contributed by atoms with Gasteiger partial charge in [0.15, 0.2) is 6.10 Å². The lowest BCUT2D eigenvalue weighted by atomic mass is 10.3. The number of amides is 1. The molecule has 2 aromatic rings. The van der Waals surface area contributed by atoms with E-state index in [2.05, 4.69) is 10.1 Å². The molecule has 0 aliphatic rings. The van der Waals surface area contributed by atoms with Crippen LogP contribution in [0.3, 0.4) is 0 Å². The first-order valence-electron chi connectivity index (χ1n) is 5.33. The largest absolute Gasteiger partial charge is 0.481 e. The lowest BCUT2D eigenvalue weighted by Crippen LogP contribution is -2.40. The van der Waals surface area contributed by atoms with Crippen molar-refractivity contribution in [2.24, 2.45) is 5.84 Å². The number of carbonyl (C=O) groups is 1. The van der Waals surface area contributed by atoms with Crippen LogP contribution in [-0.4, -0.2) is 26.8 Å². The Balaban J connectivity index is 2.06. The van der Waals surface area contributed by atoms with Crippen LogP contribution in [0.2, 0.25) is 0 Å². The molecule has 1 amide bonds. The SMILES string of the molecule is CC(Oc1ccc(-n2cncn2)cc1)C(=O)NN. The van der Waals surface area contributed by atoms with E-state index < -0.39 is 6.10 Å². The Morgan fingerprint density at radius 3 is 2.72 bits per heavy atom. The number of aromatic nitrogens is 3. The summed E-state index contributed by atoms with van der Waals surface area (Å²) < 4.78 is 7.03. The summed E-state index contributed by atoms with van der Waals surface area (Å²) in [6.07, 6.45) is 2.41. The highest BCUT2D eigenvalue weighted by atomic mass is 16.5. The molecular weight excluding hydrogens is 234 g/mol. The predicted molar refractivity (Wildman–Crippen MR) is 63.8 cm³/mol. The van der Waals surface area contributed by atoms with Gasteiger partial charge in [-0.3, -0.25) is 10.2 Å². The first-order chi connectivity index (χ1) is 8.70. The molecule has 1 aromatic carbocycles. The molecule has 7 heteroatoms. The average Bonchev–Trinajstić information content (AvgIpc) is 2.92. The Morgan fingerprint density at radius 2 is 2.17 bits per heavy atom. The summed E-state index contributed by atoms with van der Waals surface area (Å²) in [6.45, 7) is 1.62. The third-order valence-corrected chi connectivity index (χ3v) is 2.34. The van der Waals surface area contributed by atoms with Crippen molar-refractivity contribution in [3.8, 4) is 11.4 Å². The van der Waals surface area contributed by atoms with Crippen LogP contribution in [0.1, 0.15) is 6.92 Å². The van der Waals surface area contributed by atoms with Crippen molar-refractivity contribution in [2.45, 2.75) is 13.0 Å². The van der Waals surface area contributed by atoms with E-state index in [-0.39, 0.29) is 5.91 Å². The quantitative estimate of drug-likeness (QED) is 0.451. The fourth-order valence-electron chi connectivity index (χ4n) is 1.39. The van der Waals surface area contributed by atoms with Crippen molar-refractivity contribution in [1.29, 1.82) is 0 Å². The molecule has 0 radical (unpaired) electrons. The second-order valence-corrected chi connectivity index (χ2v) is 3.60. The number of nitrogens with one attached hydrogen (secondary N) is 1. The number of nitrogens with two attached hydrogens (primary N) is 1. The highest BCUT2D eigenvalue weighted by molar-refractivity contribution is 5.80. The highest BCUT2D eigenvalue weighted by Crippen LogP contribution is 2.15. The summed E-state index contributed by atoms with van der Waals surface area (Å²) >= 11 is 0. The van der Waals surface area contributed by atoms with E-state index in [1.54, 1.807) is 30.1 Å². The molecule has 0 aliphatic heterocycles. The van der Waals surface area contributed by atoms with Crippen molar-refractivity contribution in [1.82, 2.24) is 20.2 Å². The molecule has 2 rings (SSSR count). The number of nitrogens with zero attached hydrogens (tertiary/aromatic N) is 3. The molecular formula is C11H13N5O2. The Labute approximate surface area is 104 Å². The van der Waals surface area contributed by atoms with Gasteiger partial charge in [-0.1, -0.05) is 0 Å². The number of benzene rings is 1. The second-order valence-electron chi connectivity index (χ2n) is 3.60. The van der Waals surface area contributed by atoms with Crippen LogP contribution in [0, 0.1) is 0 Å². The van der Waals surface area contributed by atoms with Gasteiger partial charge in [0, 0.05) is 0 Å². The fourth-order valence-corrected chi connectivity index (χ4v) is 1.39. The van der Waals surface area contributed by atoms with Crippen LogP contribution in [0.5, 0.6) is 5.75 Å². The van der Waals surface area contributed by atoms with Crippen LogP contribution in [0.25, 0.3) is 5.69 Å². The van der Waals surface area contributed by atoms with E-state index in [1.807, 2.05) is 17.6 Å². The van der Waals surface area contributed by atoms with Gasteiger partial charge in [0.25, 0.3) is 5.91 Å². The van der Waals surface area contributed by atoms with Crippen molar-refractivity contribution in [3.05, 3.63) is 36.9 Å². The third-order valence-electron chi connectivity index (χ3n) is 2.34. The van der Waals surface area contributed by atoms with E-state index in [1.165, 1.54) is 6.33 Å². The van der Waals surface area contributed by atoms with Gasteiger partial charge in [-0.15, -0.1) is 0 Å². The highest BCUT2D eigenvalue weighted by Gasteiger charge is 2.12. The summed E-state index contributed by atoms with van der Waals surface area (Å²) in [7, 11) is 0. The van der Waals surface area contributed by atoms with Crippen molar-refractivity contribution in [2.75, 3.05) is 0 Å². The lowest BCUT2D eigenvalue weighted by molar-refractivity contribution is -0.127. The summed E-state index contributed by atoms with van der Waals surface area (Å²) in [5.74, 6) is 5.22. The standard InChI is InChI=1S/C11H13N5O2/c1-8(11(17)15-12)18-10-4-2-9(3-5-10)16-7-13-6-14-16/h2-8H,12H2,1H3,(H,15,17). The first kappa shape index (κ1) is 12.1. The molecule has 1 atom stereocenters. The van der Waals surface area contributed by atoms with Gasteiger partial charge >= 0.3 is 0 Å². The molecule has 0 aliphatic carbocycles. The molecule has 0 spiro atoms. The van der Waals surface area contributed by atoms with Crippen LogP contribution >= 0.6 is 0 Å². The molecule has 7 nitrogen and oxygen atoms in total. The fraction of sp³-hybridized carbons (Fsp3) is 0.182. The smallest absolute Gasteiger partial charge is 0.274 e. The summed E-state index contributed by atoms with van der Waals surface area (Å²) in [5, 5.41) is 4.00. The van der Waals surface area contributed by atoms with Gasteiger partial charge in [0.05, 0.1) is 5.69 Å². The van der Waals surface area contributed by atoms with E-state index >= 15 is 0 Å². The number of rotatable bonds is 4. The Hall–Kier alpha value is -2.41. The van der Waals surface area contributed by atoms with Crippen molar-refractivity contribution < 1.29 is 9.53 Å². The van der Waals surface area contributed by atoms with E-state index in [0.717, 1.165) is 5.69 Å². The molecule has 0 bridgehead atoms. The Kier molecular flexibility index (Phi) is 3.54. The molecule has 18 heavy (non-hydrogen) atoms. The lowest BCUT2D eigenvalue weighted by Gasteiger charge is -2.13. The summed E-state index contributed by atoms with van der Waals surface area (Å²) in [6, 6.07) is 7.13. The van der Waals surface area contributed by atoms with Crippen molar-refractivity contribution in [3.63, 3.8) is 0 Å². The van der Waals surface area contributed by atoms with Crippen LogP contribution in [0.15, 0.2) is 36.9 Å². The summed E-state index contributed by atoms with van der Waals surface area (Å²) in [5.41, 5.74) is 2.89. The van der Waals surface area contributed by atoms with Gasteiger partial charge < -0.3 is 4.74 Å². The van der Waals surface area contributed by atoms with E-state index in [0.29, 0.717) is 5.75 Å². The molecule has 94 valence electrons. The molecule has 1 unspecified atom stereocenters. The maximum Gasteiger partial charge on any atom is 0.274 e. The topological polar surface area (TPSA) is 95.1 Å². The number of ether oxygens (including phenoxy) is 1. The maximum atomic E-state index is 11.2. The van der Waals surface area contributed by atoms with Gasteiger partial charge in [0.1, 0.15) is 18.4 Å². The Morgan fingerprint density at radius 1 is 1.44 bits per heavy atom. The van der Waals surface area contributed by atoms with E-state index in [4.69, 9.17) is 10.6 Å². The average molecular weight is 247 g/mol. The van der Waals surface area contributed by atoms with Gasteiger partial charge in [-0.05, 0) is 31.2 Å². The van der Waals surface area contributed by atoms with E-state index in [9.17, 15) is 4.79 Å². The molecule has 3 N–H and O–H groups in total. The zero-order valence-electron chi connectivity index (χ0n) is 9.78. The monoisotopic (exact) mass is 247 g/mol. The molecule has 1 aromatic heterocycles. The minimum absolute atomic E-state index is 0.379.